The zero-order valence-electron chi connectivity index (χ0n) is 11.3. The number of methoxy groups -OCH3 is 1. The Morgan fingerprint density at radius 2 is 1.50 bits per heavy atom. The largest absolute Gasteiger partial charge is 0.481 e. The smallest absolute Gasteiger partial charge is 0.212 e. The van der Waals surface area contributed by atoms with Crippen LogP contribution in [0.4, 0.5) is 11.4 Å². The number of fused-ring (bicyclic) bond motifs is 1. The SMILES string of the molecule is COc1ccccn1.Nc1cccc2cccc(N)c12. The average Bonchev–Trinajstić information content (AvgIpc) is 2.49. The zero-order chi connectivity index (χ0) is 14.4. The van der Waals surface area contributed by atoms with Gasteiger partial charge in [-0.15, -0.1) is 0 Å². The predicted octanol–water partition coefficient (Wildman–Crippen LogP) is 3.09. The van der Waals surface area contributed by atoms with Crippen molar-refractivity contribution in [2.45, 2.75) is 0 Å². The highest BCUT2D eigenvalue weighted by molar-refractivity contribution is 6.01. The summed E-state index contributed by atoms with van der Waals surface area (Å²) in [7, 11) is 1.60. The van der Waals surface area contributed by atoms with Crippen molar-refractivity contribution in [3.8, 4) is 5.88 Å². The van der Waals surface area contributed by atoms with Gasteiger partial charge in [0.2, 0.25) is 5.88 Å². The molecule has 1 heterocycles. The molecular weight excluding hydrogens is 250 g/mol. The van der Waals surface area contributed by atoms with E-state index in [1.165, 1.54) is 0 Å². The van der Waals surface area contributed by atoms with Crippen LogP contribution >= 0.6 is 0 Å². The van der Waals surface area contributed by atoms with E-state index in [1.54, 1.807) is 19.4 Å². The lowest BCUT2D eigenvalue weighted by Crippen LogP contribution is -1.91. The predicted molar refractivity (Wildman–Crippen MR) is 83.6 cm³/mol. The molecule has 0 atom stereocenters. The molecule has 102 valence electrons. The summed E-state index contributed by atoms with van der Waals surface area (Å²) in [5, 5.41) is 2.05. The molecule has 0 amide bonds. The minimum Gasteiger partial charge on any atom is -0.481 e. The molecule has 0 bridgehead atoms. The van der Waals surface area contributed by atoms with E-state index in [2.05, 4.69) is 4.98 Å². The fourth-order valence-corrected chi connectivity index (χ4v) is 1.87. The van der Waals surface area contributed by atoms with Crippen LogP contribution in [0.3, 0.4) is 0 Å². The Bertz CT molecular complexity index is 647. The third-order valence-corrected chi connectivity index (χ3v) is 2.82. The molecule has 0 radical (unpaired) electrons. The normalized spacial score (nSPS) is 9.65. The molecule has 2 aromatic carbocycles. The maximum Gasteiger partial charge on any atom is 0.212 e. The summed E-state index contributed by atoms with van der Waals surface area (Å²) in [6.07, 6.45) is 1.69. The lowest BCUT2D eigenvalue weighted by Gasteiger charge is -2.03. The van der Waals surface area contributed by atoms with Gasteiger partial charge in [-0.2, -0.15) is 0 Å². The Kier molecular flexibility index (Phi) is 4.39. The minimum absolute atomic E-state index is 0.660. The van der Waals surface area contributed by atoms with E-state index < -0.39 is 0 Å². The topological polar surface area (TPSA) is 74.2 Å². The van der Waals surface area contributed by atoms with Gasteiger partial charge in [0.05, 0.1) is 7.11 Å². The number of nitrogens with two attached hydrogens (primary N) is 2. The molecule has 0 saturated heterocycles. The third-order valence-electron chi connectivity index (χ3n) is 2.82. The van der Waals surface area contributed by atoms with E-state index in [4.69, 9.17) is 16.2 Å². The summed E-state index contributed by atoms with van der Waals surface area (Å²) in [5.74, 6) is 0.660. The van der Waals surface area contributed by atoms with Gasteiger partial charge < -0.3 is 16.2 Å². The van der Waals surface area contributed by atoms with Crippen molar-refractivity contribution in [2.24, 2.45) is 0 Å². The Balaban J connectivity index is 0.000000160. The van der Waals surface area contributed by atoms with Crippen LogP contribution in [-0.2, 0) is 0 Å². The number of pyridine rings is 1. The molecular formula is C16H17N3O. The molecule has 4 heteroatoms. The van der Waals surface area contributed by atoms with Crippen LogP contribution in [0.2, 0.25) is 0 Å². The first-order valence-electron chi connectivity index (χ1n) is 6.20. The monoisotopic (exact) mass is 267 g/mol. The Morgan fingerprint density at radius 1 is 0.850 bits per heavy atom. The van der Waals surface area contributed by atoms with Gasteiger partial charge in [0.15, 0.2) is 0 Å². The number of nitrogens with zero attached hydrogens (tertiary/aromatic N) is 1. The van der Waals surface area contributed by atoms with Crippen molar-refractivity contribution in [3.05, 3.63) is 60.8 Å². The van der Waals surface area contributed by atoms with E-state index >= 15 is 0 Å². The third kappa shape index (κ3) is 3.17. The van der Waals surface area contributed by atoms with Crippen LogP contribution in [-0.4, -0.2) is 12.1 Å². The highest BCUT2D eigenvalue weighted by Crippen LogP contribution is 2.25. The molecule has 0 aliphatic carbocycles. The maximum atomic E-state index is 5.78. The molecule has 1 aromatic heterocycles. The minimum atomic E-state index is 0.660. The number of ether oxygens (including phenoxy) is 1. The first-order valence-corrected chi connectivity index (χ1v) is 6.20. The quantitative estimate of drug-likeness (QED) is 0.664. The Hall–Kier alpha value is -2.75. The molecule has 0 fully saturated rings. The first kappa shape index (κ1) is 13.7. The average molecular weight is 267 g/mol. The van der Waals surface area contributed by atoms with Crippen LogP contribution in [0.15, 0.2) is 60.8 Å². The summed E-state index contributed by atoms with van der Waals surface area (Å²) in [6, 6.07) is 17.1. The van der Waals surface area contributed by atoms with Gasteiger partial charge in [0.25, 0.3) is 0 Å². The summed E-state index contributed by atoms with van der Waals surface area (Å²) in [5.41, 5.74) is 13.0. The summed E-state index contributed by atoms with van der Waals surface area (Å²) < 4.78 is 4.80. The van der Waals surface area contributed by atoms with Gasteiger partial charge in [-0.05, 0) is 23.6 Å². The molecule has 0 saturated carbocycles. The van der Waals surface area contributed by atoms with Crippen molar-refractivity contribution in [2.75, 3.05) is 18.6 Å². The molecule has 0 spiro atoms. The van der Waals surface area contributed by atoms with Crippen LogP contribution < -0.4 is 16.2 Å². The van der Waals surface area contributed by atoms with E-state index in [0.29, 0.717) is 5.88 Å². The number of nitrogen functional groups attached to an aromatic ring is 2. The van der Waals surface area contributed by atoms with Crippen LogP contribution in [0.5, 0.6) is 5.88 Å². The van der Waals surface area contributed by atoms with Crippen LogP contribution in [0, 0.1) is 0 Å². The number of hydrogen-bond acceptors (Lipinski definition) is 4. The lowest BCUT2D eigenvalue weighted by atomic mass is 10.1. The number of hydrogen-bond donors (Lipinski definition) is 2. The van der Waals surface area contributed by atoms with Crippen molar-refractivity contribution in [1.29, 1.82) is 0 Å². The van der Waals surface area contributed by atoms with Gasteiger partial charge >= 0.3 is 0 Å². The van der Waals surface area contributed by atoms with Crippen molar-refractivity contribution in [1.82, 2.24) is 4.98 Å². The fourth-order valence-electron chi connectivity index (χ4n) is 1.87. The number of rotatable bonds is 1. The highest BCUT2D eigenvalue weighted by atomic mass is 16.5. The van der Waals surface area contributed by atoms with Gasteiger partial charge in [-0.1, -0.05) is 30.3 Å². The molecule has 4 nitrogen and oxygen atoms in total. The van der Waals surface area contributed by atoms with Crippen LogP contribution in [0.1, 0.15) is 0 Å². The Morgan fingerprint density at radius 3 is 1.90 bits per heavy atom. The molecule has 0 aliphatic heterocycles. The summed E-state index contributed by atoms with van der Waals surface area (Å²) in [6.45, 7) is 0. The summed E-state index contributed by atoms with van der Waals surface area (Å²) >= 11 is 0. The number of anilines is 2. The van der Waals surface area contributed by atoms with Crippen molar-refractivity contribution >= 4 is 22.1 Å². The maximum absolute atomic E-state index is 5.78. The molecule has 0 aliphatic rings. The van der Waals surface area contributed by atoms with Gasteiger partial charge in [0.1, 0.15) is 0 Å². The van der Waals surface area contributed by atoms with E-state index in [0.717, 1.165) is 22.1 Å². The van der Waals surface area contributed by atoms with Gasteiger partial charge in [-0.25, -0.2) is 4.98 Å². The summed E-state index contributed by atoms with van der Waals surface area (Å²) in [4.78, 5) is 3.88. The second kappa shape index (κ2) is 6.43. The molecule has 3 aromatic rings. The highest BCUT2D eigenvalue weighted by Gasteiger charge is 1.99. The second-order valence-corrected chi connectivity index (χ2v) is 4.16. The first-order chi connectivity index (χ1) is 9.72. The molecule has 20 heavy (non-hydrogen) atoms. The number of benzene rings is 2. The molecule has 4 N–H and O–H groups in total. The van der Waals surface area contributed by atoms with E-state index in [1.807, 2.05) is 48.5 Å². The standard InChI is InChI=1S/C10H10N2.C6H7NO/c11-8-5-1-3-7-4-2-6-9(12)10(7)8;1-8-6-4-2-3-5-7-6/h1-6H,11-12H2;2-5H,1H3. The van der Waals surface area contributed by atoms with Gasteiger partial charge in [0, 0.05) is 29.0 Å². The molecule has 3 rings (SSSR count). The van der Waals surface area contributed by atoms with E-state index in [-0.39, 0.29) is 0 Å². The van der Waals surface area contributed by atoms with Gasteiger partial charge in [-0.3, -0.25) is 0 Å². The van der Waals surface area contributed by atoms with Crippen LogP contribution in [0.25, 0.3) is 10.8 Å². The Labute approximate surface area is 118 Å². The number of aromatic nitrogens is 1. The molecule has 0 unspecified atom stereocenters. The fraction of sp³-hybridized carbons (Fsp3) is 0.0625. The second-order valence-electron chi connectivity index (χ2n) is 4.16. The van der Waals surface area contributed by atoms with Crippen molar-refractivity contribution in [3.63, 3.8) is 0 Å². The van der Waals surface area contributed by atoms with Crippen molar-refractivity contribution < 1.29 is 4.74 Å². The van der Waals surface area contributed by atoms with E-state index in [9.17, 15) is 0 Å². The lowest BCUT2D eigenvalue weighted by molar-refractivity contribution is 0.398. The zero-order valence-corrected chi connectivity index (χ0v) is 11.3.